The van der Waals surface area contributed by atoms with Crippen molar-refractivity contribution in [3.05, 3.63) is 111 Å². The molecule has 3 aromatic heterocycles. The Morgan fingerprint density at radius 2 is 1.76 bits per heavy atom. The highest BCUT2D eigenvalue weighted by molar-refractivity contribution is 6.30. The number of fused-ring (bicyclic) bond motifs is 1. The summed E-state index contributed by atoms with van der Waals surface area (Å²) < 4.78 is 15.4. The molecule has 0 aliphatic rings. The fourth-order valence-corrected chi connectivity index (χ4v) is 3.77. The number of imidazole rings is 1. The molecular formula is C24H19ClN4O4. The Hall–Kier alpha value is -4.04. The lowest BCUT2D eigenvalue weighted by Gasteiger charge is -2.12. The summed E-state index contributed by atoms with van der Waals surface area (Å²) in [6.45, 7) is 0.702. The van der Waals surface area contributed by atoms with Crippen LogP contribution in [0.1, 0.15) is 5.76 Å². The molecule has 0 atom stereocenters. The van der Waals surface area contributed by atoms with E-state index in [1.807, 2.05) is 30.3 Å². The molecule has 0 radical (unpaired) electrons. The Balaban J connectivity index is 1.61. The molecule has 0 N–H and O–H groups in total. The van der Waals surface area contributed by atoms with Gasteiger partial charge in [0, 0.05) is 5.02 Å². The van der Waals surface area contributed by atoms with Crippen LogP contribution >= 0.6 is 11.6 Å². The largest absolute Gasteiger partial charge is 0.492 e. The van der Waals surface area contributed by atoms with Gasteiger partial charge in [0.05, 0.1) is 31.4 Å². The van der Waals surface area contributed by atoms with Crippen molar-refractivity contribution in [2.24, 2.45) is 0 Å². The molecule has 0 aliphatic carbocycles. The van der Waals surface area contributed by atoms with Crippen LogP contribution in [0.4, 0.5) is 0 Å². The fourth-order valence-electron chi connectivity index (χ4n) is 3.65. The molecule has 9 heteroatoms. The molecule has 166 valence electrons. The summed E-state index contributed by atoms with van der Waals surface area (Å²) in [7, 11) is 0. The SMILES string of the molecule is O=c1c2c(ncn2CCOc2ccccc2)n(-c2ccc(Cl)cc2)c(=O)n1Cc1ccco1. The number of ether oxygens (including phenoxy) is 1. The second-order valence-electron chi connectivity index (χ2n) is 7.34. The van der Waals surface area contributed by atoms with Crippen LogP contribution in [-0.2, 0) is 13.1 Å². The summed E-state index contributed by atoms with van der Waals surface area (Å²) in [6, 6.07) is 19.6. The zero-order valence-electron chi connectivity index (χ0n) is 17.4. The van der Waals surface area contributed by atoms with Gasteiger partial charge in [-0.1, -0.05) is 29.8 Å². The van der Waals surface area contributed by atoms with E-state index >= 15 is 0 Å². The van der Waals surface area contributed by atoms with Gasteiger partial charge in [-0.25, -0.2) is 14.3 Å². The molecule has 0 bridgehead atoms. The van der Waals surface area contributed by atoms with Gasteiger partial charge in [0.15, 0.2) is 11.2 Å². The van der Waals surface area contributed by atoms with E-state index in [2.05, 4.69) is 4.98 Å². The van der Waals surface area contributed by atoms with Crippen molar-refractivity contribution in [3.63, 3.8) is 0 Å². The number of halogens is 1. The topological polar surface area (TPSA) is 84.2 Å². The number of furan rings is 1. The maximum atomic E-state index is 13.4. The summed E-state index contributed by atoms with van der Waals surface area (Å²) in [6.07, 6.45) is 3.05. The molecule has 0 fully saturated rings. The van der Waals surface area contributed by atoms with Crippen molar-refractivity contribution < 1.29 is 9.15 Å². The molecule has 0 amide bonds. The second kappa shape index (κ2) is 8.84. The van der Waals surface area contributed by atoms with Gasteiger partial charge in [0.2, 0.25) is 0 Å². The van der Waals surface area contributed by atoms with Crippen molar-refractivity contribution in [3.8, 4) is 11.4 Å². The average molecular weight is 463 g/mol. The van der Waals surface area contributed by atoms with Crippen LogP contribution in [0.3, 0.4) is 0 Å². The lowest BCUT2D eigenvalue weighted by Crippen LogP contribution is -2.40. The highest BCUT2D eigenvalue weighted by Gasteiger charge is 2.20. The number of benzene rings is 2. The van der Waals surface area contributed by atoms with E-state index in [4.69, 9.17) is 20.8 Å². The van der Waals surface area contributed by atoms with E-state index in [9.17, 15) is 9.59 Å². The van der Waals surface area contributed by atoms with Crippen molar-refractivity contribution >= 4 is 22.8 Å². The highest BCUT2D eigenvalue weighted by Crippen LogP contribution is 2.17. The smallest absolute Gasteiger partial charge is 0.337 e. The highest BCUT2D eigenvalue weighted by atomic mass is 35.5. The van der Waals surface area contributed by atoms with Gasteiger partial charge < -0.3 is 13.7 Å². The molecule has 0 saturated heterocycles. The fraction of sp³-hybridized carbons (Fsp3) is 0.125. The number of nitrogens with zero attached hydrogens (tertiary/aromatic N) is 4. The third-order valence-corrected chi connectivity index (χ3v) is 5.48. The number of para-hydroxylation sites is 1. The molecule has 0 aliphatic heterocycles. The van der Waals surface area contributed by atoms with Crippen LogP contribution in [0.25, 0.3) is 16.9 Å². The van der Waals surface area contributed by atoms with Crippen LogP contribution in [0.15, 0.2) is 93.3 Å². The van der Waals surface area contributed by atoms with E-state index < -0.39 is 11.2 Å². The van der Waals surface area contributed by atoms with Gasteiger partial charge >= 0.3 is 5.69 Å². The molecule has 33 heavy (non-hydrogen) atoms. The third kappa shape index (κ3) is 4.08. The van der Waals surface area contributed by atoms with Crippen LogP contribution in [0.2, 0.25) is 5.02 Å². The molecule has 0 saturated carbocycles. The Kier molecular flexibility index (Phi) is 5.58. The van der Waals surface area contributed by atoms with Crippen LogP contribution < -0.4 is 16.0 Å². The lowest BCUT2D eigenvalue weighted by atomic mass is 10.3. The quantitative estimate of drug-likeness (QED) is 0.368. The maximum absolute atomic E-state index is 13.4. The van der Waals surface area contributed by atoms with Crippen molar-refractivity contribution in [2.45, 2.75) is 13.1 Å². The van der Waals surface area contributed by atoms with Crippen molar-refractivity contribution in [1.82, 2.24) is 18.7 Å². The normalized spacial score (nSPS) is 11.2. The average Bonchev–Trinajstić information content (AvgIpc) is 3.49. The maximum Gasteiger partial charge on any atom is 0.337 e. The van der Waals surface area contributed by atoms with Crippen LogP contribution in [0.5, 0.6) is 5.75 Å². The molecule has 2 aromatic carbocycles. The lowest BCUT2D eigenvalue weighted by molar-refractivity contribution is 0.300. The molecule has 8 nitrogen and oxygen atoms in total. The van der Waals surface area contributed by atoms with Crippen molar-refractivity contribution in [2.75, 3.05) is 6.61 Å². The first-order chi connectivity index (χ1) is 16.1. The van der Waals surface area contributed by atoms with E-state index in [1.165, 1.54) is 10.8 Å². The summed E-state index contributed by atoms with van der Waals surface area (Å²) in [5.41, 5.74) is 0.148. The van der Waals surface area contributed by atoms with Gasteiger partial charge in [-0.15, -0.1) is 0 Å². The molecule has 0 spiro atoms. The molecule has 0 unspecified atom stereocenters. The van der Waals surface area contributed by atoms with E-state index in [0.29, 0.717) is 35.1 Å². The second-order valence-corrected chi connectivity index (χ2v) is 7.77. The first kappa shape index (κ1) is 20.8. The third-order valence-electron chi connectivity index (χ3n) is 5.22. The number of hydrogen-bond acceptors (Lipinski definition) is 5. The molecular weight excluding hydrogens is 444 g/mol. The Morgan fingerprint density at radius 3 is 2.48 bits per heavy atom. The minimum Gasteiger partial charge on any atom is -0.492 e. The van der Waals surface area contributed by atoms with Gasteiger partial charge in [0.25, 0.3) is 5.56 Å². The minimum absolute atomic E-state index is 0.000107. The summed E-state index contributed by atoms with van der Waals surface area (Å²) in [4.78, 5) is 31.2. The molecule has 5 rings (SSSR count). The van der Waals surface area contributed by atoms with E-state index in [1.54, 1.807) is 47.3 Å². The zero-order valence-corrected chi connectivity index (χ0v) is 18.2. The standard InChI is InChI=1S/C24H19ClN4O4/c25-17-8-10-18(11-9-17)29-22-21(23(30)28(24(29)31)15-20-7-4-13-32-20)27(16-26-22)12-14-33-19-5-2-1-3-6-19/h1-11,13,16H,12,14-15H2. The van der Waals surface area contributed by atoms with E-state index in [0.717, 1.165) is 10.3 Å². The van der Waals surface area contributed by atoms with Gasteiger partial charge in [-0.05, 0) is 48.5 Å². The minimum atomic E-state index is -0.517. The predicted octanol–water partition coefficient (Wildman–Crippen LogP) is 3.72. The zero-order chi connectivity index (χ0) is 22.8. The number of aromatic nitrogens is 4. The number of hydrogen-bond donors (Lipinski definition) is 0. The van der Waals surface area contributed by atoms with Gasteiger partial charge in [0.1, 0.15) is 18.1 Å². The predicted molar refractivity (Wildman–Crippen MR) is 124 cm³/mol. The molecule has 5 aromatic rings. The summed E-state index contributed by atoms with van der Waals surface area (Å²) in [5, 5.41) is 0.538. The summed E-state index contributed by atoms with van der Waals surface area (Å²) in [5.74, 6) is 1.23. The molecule has 3 heterocycles. The number of rotatable bonds is 7. The van der Waals surface area contributed by atoms with Crippen molar-refractivity contribution in [1.29, 1.82) is 0 Å². The Morgan fingerprint density at radius 1 is 0.970 bits per heavy atom. The first-order valence-electron chi connectivity index (χ1n) is 10.3. The van der Waals surface area contributed by atoms with Crippen LogP contribution in [-0.4, -0.2) is 25.3 Å². The first-order valence-corrected chi connectivity index (χ1v) is 10.7. The van der Waals surface area contributed by atoms with Gasteiger partial charge in [-0.2, -0.15) is 0 Å². The van der Waals surface area contributed by atoms with E-state index in [-0.39, 0.29) is 12.2 Å². The summed E-state index contributed by atoms with van der Waals surface area (Å²) >= 11 is 6.03. The van der Waals surface area contributed by atoms with Crippen LogP contribution in [0, 0.1) is 0 Å². The monoisotopic (exact) mass is 462 g/mol. The Bertz CT molecular complexity index is 1500. The van der Waals surface area contributed by atoms with Gasteiger partial charge in [-0.3, -0.25) is 9.36 Å². The Labute approximate surface area is 192 Å².